The van der Waals surface area contributed by atoms with Crippen molar-refractivity contribution in [1.29, 1.82) is 0 Å². The predicted molar refractivity (Wildman–Crippen MR) is 84.3 cm³/mol. The summed E-state index contributed by atoms with van der Waals surface area (Å²) in [5.41, 5.74) is 0.526. The number of carbonyl (C=O) groups is 1. The van der Waals surface area contributed by atoms with Gasteiger partial charge in [-0.15, -0.1) is 5.10 Å². The van der Waals surface area contributed by atoms with Gasteiger partial charge < -0.3 is 5.32 Å². The molecule has 1 N–H and O–H groups in total. The van der Waals surface area contributed by atoms with Crippen LogP contribution in [-0.2, 0) is 11.3 Å². The molecular weight excluding hydrogens is 297 g/mol. The number of halogens is 1. The molecule has 6 nitrogen and oxygen atoms in total. The van der Waals surface area contributed by atoms with Crippen LogP contribution in [0.2, 0.25) is 0 Å². The van der Waals surface area contributed by atoms with Crippen LogP contribution in [0, 0.1) is 11.7 Å². The molecule has 0 unspecified atom stereocenters. The van der Waals surface area contributed by atoms with Crippen LogP contribution in [0.5, 0.6) is 0 Å². The van der Waals surface area contributed by atoms with E-state index in [2.05, 4.69) is 34.7 Å². The lowest BCUT2D eigenvalue weighted by Gasteiger charge is -2.15. The minimum atomic E-state index is -0.362. The van der Waals surface area contributed by atoms with E-state index in [0.29, 0.717) is 11.5 Å². The number of carbonyl (C=O) groups excluding carboxylic acids is 1. The Balaban J connectivity index is 2.04. The van der Waals surface area contributed by atoms with E-state index in [4.69, 9.17) is 0 Å². The van der Waals surface area contributed by atoms with Crippen LogP contribution in [0.1, 0.15) is 45.4 Å². The maximum atomic E-state index is 13.3. The van der Waals surface area contributed by atoms with Crippen molar-refractivity contribution in [2.24, 2.45) is 5.92 Å². The van der Waals surface area contributed by atoms with E-state index in [9.17, 15) is 9.18 Å². The SMILES string of the molecule is CCCC(CCC)C(=O)NCc1nnnn1-c1cccc(F)c1. The van der Waals surface area contributed by atoms with Crippen LogP contribution in [0.4, 0.5) is 4.39 Å². The Morgan fingerprint density at radius 3 is 2.70 bits per heavy atom. The minimum absolute atomic E-state index is 0.0162. The van der Waals surface area contributed by atoms with Crippen molar-refractivity contribution in [3.8, 4) is 5.69 Å². The lowest BCUT2D eigenvalue weighted by molar-refractivity contribution is -0.125. The van der Waals surface area contributed by atoms with Gasteiger partial charge in [-0.05, 0) is 41.5 Å². The number of aromatic nitrogens is 4. The van der Waals surface area contributed by atoms with E-state index >= 15 is 0 Å². The summed E-state index contributed by atoms with van der Waals surface area (Å²) in [5, 5.41) is 14.3. The highest BCUT2D eigenvalue weighted by molar-refractivity contribution is 5.78. The highest BCUT2D eigenvalue weighted by Crippen LogP contribution is 2.14. The number of rotatable bonds is 8. The molecule has 23 heavy (non-hydrogen) atoms. The second-order valence-corrected chi connectivity index (χ2v) is 5.48. The van der Waals surface area contributed by atoms with Crippen molar-refractivity contribution in [2.45, 2.75) is 46.1 Å². The first-order chi connectivity index (χ1) is 11.2. The molecule has 0 radical (unpaired) electrons. The molecule has 0 fully saturated rings. The maximum absolute atomic E-state index is 13.3. The Morgan fingerprint density at radius 1 is 1.30 bits per heavy atom. The van der Waals surface area contributed by atoms with Gasteiger partial charge in [0.05, 0.1) is 12.2 Å². The number of benzene rings is 1. The fourth-order valence-electron chi connectivity index (χ4n) is 2.54. The first-order valence-corrected chi connectivity index (χ1v) is 7.96. The lowest BCUT2D eigenvalue weighted by Crippen LogP contribution is -2.31. The van der Waals surface area contributed by atoms with Crippen LogP contribution in [0.15, 0.2) is 24.3 Å². The maximum Gasteiger partial charge on any atom is 0.223 e. The zero-order chi connectivity index (χ0) is 16.7. The summed E-state index contributed by atoms with van der Waals surface area (Å²) in [6.07, 6.45) is 3.68. The van der Waals surface area contributed by atoms with E-state index in [1.807, 2.05) is 0 Å². The molecule has 1 amide bonds. The van der Waals surface area contributed by atoms with Gasteiger partial charge in [-0.1, -0.05) is 32.8 Å². The monoisotopic (exact) mass is 319 g/mol. The van der Waals surface area contributed by atoms with E-state index < -0.39 is 0 Å². The molecule has 1 heterocycles. The summed E-state index contributed by atoms with van der Waals surface area (Å²) < 4.78 is 14.8. The summed E-state index contributed by atoms with van der Waals surface area (Å²) in [4.78, 5) is 12.3. The molecule has 1 aromatic heterocycles. The van der Waals surface area contributed by atoms with Gasteiger partial charge in [0.2, 0.25) is 5.91 Å². The first kappa shape index (κ1) is 17.1. The number of tetrazole rings is 1. The highest BCUT2D eigenvalue weighted by atomic mass is 19.1. The molecule has 0 aliphatic carbocycles. The number of hydrogen-bond donors (Lipinski definition) is 1. The summed E-state index contributed by atoms with van der Waals surface area (Å²) in [5.74, 6) is 0.139. The van der Waals surface area contributed by atoms with Crippen molar-refractivity contribution in [3.63, 3.8) is 0 Å². The van der Waals surface area contributed by atoms with Crippen LogP contribution in [0.3, 0.4) is 0 Å². The Morgan fingerprint density at radius 2 is 2.04 bits per heavy atom. The van der Waals surface area contributed by atoms with Gasteiger partial charge in [-0.2, -0.15) is 4.68 Å². The molecule has 0 atom stereocenters. The number of amides is 1. The fourth-order valence-corrected chi connectivity index (χ4v) is 2.54. The summed E-state index contributed by atoms with van der Waals surface area (Å²) >= 11 is 0. The van der Waals surface area contributed by atoms with Crippen molar-refractivity contribution in [3.05, 3.63) is 35.9 Å². The Labute approximate surface area is 135 Å². The van der Waals surface area contributed by atoms with Crippen LogP contribution in [-0.4, -0.2) is 26.1 Å². The third-order valence-corrected chi connectivity index (χ3v) is 3.65. The van der Waals surface area contributed by atoms with Gasteiger partial charge in [0.25, 0.3) is 0 Å². The van der Waals surface area contributed by atoms with Gasteiger partial charge in [0.1, 0.15) is 5.82 Å². The Hall–Kier alpha value is -2.31. The van der Waals surface area contributed by atoms with E-state index in [-0.39, 0.29) is 24.2 Å². The third-order valence-electron chi connectivity index (χ3n) is 3.65. The van der Waals surface area contributed by atoms with Crippen LogP contribution < -0.4 is 5.32 Å². The Kier molecular flexibility index (Phi) is 6.19. The molecule has 2 aromatic rings. The van der Waals surface area contributed by atoms with Crippen molar-refractivity contribution in [1.82, 2.24) is 25.5 Å². The van der Waals surface area contributed by atoms with Gasteiger partial charge in [-0.25, -0.2) is 4.39 Å². The molecule has 2 rings (SSSR count). The third kappa shape index (κ3) is 4.58. The molecule has 1 aromatic carbocycles. The quantitative estimate of drug-likeness (QED) is 0.812. The smallest absolute Gasteiger partial charge is 0.223 e. The molecule has 0 saturated heterocycles. The van der Waals surface area contributed by atoms with Crippen LogP contribution >= 0.6 is 0 Å². The normalized spacial score (nSPS) is 11.0. The molecule has 0 saturated carbocycles. The molecule has 124 valence electrons. The molecule has 7 heteroatoms. The average Bonchev–Trinajstić information content (AvgIpc) is 3.01. The molecule has 0 spiro atoms. The molecular formula is C16H22FN5O. The van der Waals surface area contributed by atoms with E-state index in [1.54, 1.807) is 12.1 Å². The van der Waals surface area contributed by atoms with Crippen molar-refractivity contribution < 1.29 is 9.18 Å². The lowest BCUT2D eigenvalue weighted by atomic mass is 9.97. The van der Waals surface area contributed by atoms with Crippen molar-refractivity contribution in [2.75, 3.05) is 0 Å². The van der Waals surface area contributed by atoms with Crippen LogP contribution in [0.25, 0.3) is 5.69 Å². The standard InChI is InChI=1S/C16H22FN5O/c1-3-6-12(7-4-2)16(23)18-11-15-19-20-21-22(15)14-9-5-8-13(17)10-14/h5,8-10,12H,3-4,6-7,11H2,1-2H3,(H,18,23). The topological polar surface area (TPSA) is 72.7 Å². The largest absolute Gasteiger partial charge is 0.348 e. The highest BCUT2D eigenvalue weighted by Gasteiger charge is 2.17. The predicted octanol–water partition coefficient (Wildman–Crippen LogP) is 2.63. The van der Waals surface area contributed by atoms with Gasteiger partial charge in [0.15, 0.2) is 5.82 Å². The summed E-state index contributed by atoms with van der Waals surface area (Å²) in [6.45, 7) is 4.35. The Bertz CT molecular complexity index is 637. The first-order valence-electron chi connectivity index (χ1n) is 7.96. The van der Waals surface area contributed by atoms with Crippen molar-refractivity contribution >= 4 is 5.91 Å². The van der Waals surface area contributed by atoms with Gasteiger partial charge in [-0.3, -0.25) is 4.79 Å². The number of nitrogens with one attached hydrogen (secondary N) is 1. The zero-order valence-corrected chi connectivity index (χ0v) is 13.5. The van der Waals surface area contributed by atoms with Gasteiger partial charge >= 0.3 is 0 Å². The van der Waals surface area contributed by atoms with E-state index in [0.717, 1.165) is 25.7 Å². The second-order valence-electron chi connectivity index (χ2n) is 5.48. The van der Waals surface area contributed by atoms with E-state index in [1.165, 1.54) is 16.8 Å². The second kappa shape index (κ2) is 8.36. The number of hydrogen-bond acceptors (Lipinski definition) is 4. The molecule has 0 aliphatic rings. The average molecular weight is 319 g/mol. The van der Waals surface area contributed by atoms with Gasteiger partial charge in [0, 0.05) is 5.92 Å². The number of nitrogens with zero attached hydrogens (tertiary/aromatic N) is 4. The minimum Gasteiger partial charge on any atom is -0.348 e. The fraction of sp³-hybridized carbons (Fsp3) is 0.500. The summed E-state index contributed by atoms with van der Waals surface area (Å²) in [7, 11) is 0. The summed E-state index contributed by atoms with van der Waals surface area (Å²) in [6, 6.07) is 6.00. The zero-order valence-electron chi connectivity index (χ0n) is 13.5. The molecule has 0 aliphatic heterocycles. The molecule has 0 bridgehead atoms.